The van der Waals surface area contributed by atoms with E-state index in [-0.39, 0.29) is 0 Å². The first-order valence-electron chi connectivity index (χ1n) is 4.74. The average Bonchev–Trinajstić information content (AvgIpc) is 2.56. The molecule has 2 atom stereocenters. The van der Waals surface area contributed by atoms with E-state index in [0.717, 1.165) is 32.9 Å². The highest BCUT2D eigenvalue weighted by Gasteiger charge is 2.29. The number of ether oxygens (including phenoxy) is 2. The minimum Gasteiger partial charge on any atom is -0.381 e. The topological polar surface area (TPSA) is 21.7 Å². The molecule has 3 heteroatoms. The maximum absolute atomic E-state index is 5.71. The Hall–Kier alpha value is -0.120. The van der Waals surface area contributed by atoms with Gasteiger partial charge in [0.25, 0.3) is 0 Å². The van der Waals surface area contributed by atoms with Crippen LogP contribution in [0.4, 0.5) is 0 Å². The largest absolute Gasteiger partial charge is 0.381 e. The highest BCUT2D eigenvalue weighted by Crippen LogP contribution is 2.21. The second-order valence-corrected chi connectivity index (χ2v) is 3.80. The molecule has 0 amide bonds. The Morgan fingerprint density at radius 1 is 1.33 bits per heavy atom. The van der Waals surface area contributed by atoms with Gasteiger partial charge >= 0.3 is 0 Å². The van der Waals surface area contributed by atoms with E-state index in [1.165, 1.54) is 6.42 Å². The van der Waals surface area contributed by atoms with E-state index in [1.54, 1.807) is 0 Å². The molecule has 0 aliphatic carbocycles. The monoisotopic (exact) mass is 171 g/mol. The summed E-state index contributed by atoms with van der Waals surface area (Å²) < 4.78 is 11.1. The second-order valence-electron chi connectivity index (χ2n) is 3.80. The van der Waals surface area contributed by atoms with Crippen LogP contribution in [-0.2, 0) is 9.47 Å². The van der Waals surface area contributed by atoms with Gasteiger partial charge in [0.05, 0.1) is 19.3 Å². The normalized spacial score (nSPS) is 38.8. The Morgan fingerprint density at radius 2 is 2.25 bits per heavy atom. The van der Waals surface area contributed by atoms with Crippen molar-refractivity contribution in [3.63, 3.8) is 0 Å². The molecular weight excluding hydrogens is 154 g/mol. The third-order valence-electron chi connectivity index (χ3n) is 2.79. The molecule has 2 rings (SSSR count). The van der Waals surface area contributed by atoms with E-state index in [9.17, 15) is 0 Å². The lowest BCUT2D eigenvalue weighted by molar-refractivity contribution is -0.0510. The van der Waals surface area contributed by atoms with Gasteiger partial charge in [-0.15, -0.1) is 0 Å². The van der Waals surface area contributed by atoms with Gasteiger partial charge in [-0.25, -0.2) is 0 Å². The first kappa shape index (κ1) is 8.48. The molecule has 0 aromatic rings. The van der Waals surface area contributed by atoms with E-state index in [2.05, 4.69) is 11.9 Å². The molecule has 0 unspecified atom stereocenters. The summed E-state index contributed by atoms with van der Waals surface area (Å²) in [6.07, 6.45) is 1.60. The molecule has 0 aromatic heterocycles. The predicted octanol–water partition coefficient (Wildman–Crippen LogP) is 0.353. The van der Waals surface area contributed by atoms with Crippen LogP contribution in [0.2, 0.25) is 0 Å². The van der Waals surface area contributed by atoms with Crippen LogP contribution in [0.15, 0.2) is 0 Å². The molecule has 2 aliphatic rings. The fraction of sp³-hybridized carbons (Fsp3) is 1.00. The standard InChI is InChI=1S/C9H17NO2/c1-10-3-5-12-9(6-10)8-2-4-11-7-8/h8-9H,2-7H2,1H3/t8-,9+/m1/s1. The zero-order valence-corrected chi connectivity index (χ0v) is 7.66. The summed E-state index contributed by atoms with van der Waals surface area (Å²) in [5, 5.41) is 0. The van der Waals surface area contributed by atoms with Gasteiger partial charge in [0.2, 0.25) is 0 Å². The minimum atomic E-state index is 0.422. The van der Waals surface area contributed by atoms with Gasteiger partial charge in [0.1, 0.15) is 0 Å². The van der Waals surface area contributed by atoms with Crippen molar-refractivity contribution >= 4 is 0 Å². The molecule has 0 radical (unpaired) electrons. The lowest BCUT2D eigenvalue weighted by atomic mass is 10.0. The van der Waals surface area contributed by atoms with Crippen molar-refractivity contribution in [2.24, 2.45) is 5.92 Å². The smallest absolute Gasteiger partial charge is 0.0753 e. The van der Waals surface area contributed by atoms with Crippen LogP contribution in [0, 0.1) is 5.92 Å². The van der Waals surface area contributed by atoms with Gasteiger partial charge in [0.15, 0.2) is 0 Å². The molecule has 2 heterocycles. The summed E-state index contributed by atoms with van der Waals surface area (Å²) in [5.74, 6) is 0.646. The number of rotatable bonds is 1. The van der Waals surface area contributed by atoms with Crippen molar-refractivity contribution in [1.29, 1.82) is 0 Å². The SMILES string of the molecule is CN1CCO[C@H]([C@@H]2CCOC2)C1. The van der Waals surface area contributed by atoms with Crippen molar-refractivity contribution in [3.05, 3.63) is 0 Å². The highest BCUT2D eigenvalue weighted by atomic mass is 16.5. The molecule has 0 bridgehead atoms. The summed E-state index contributed by atoms with van der Waals surface area (Å²) >= 11 is 0. The van der Waals surface area contributed by atoms with Gasteiger partial charge < -0.3 is 14.4 Å². The number of likely N-dealkylation sites (N-methyl/N-ethyl adjacent to an activating group) is 1. The van der Waals surface area contributed by atoms with Crippen LogP contribution in [-0.4, -0.2) is 51.0 Å². The van der Waals surface area contributed by atoms with Crippen molar-refractivity contribution in [3.8, 4) is 0 Å². The summed E-state index contributed by atoms with van der Waals surface area (Å²) in [5.41, 5.74) is 0. The number of morpholine rings is 1. The summed E-state index contributed by atoms with van der Waals surface area (Å²) in [6, 6.07) is 0. The molecule has 70 valence electrons. The summed E-state index contributed by atoms with van der Waals surface area (Å²) in [4.78, 5) is 2.34. The lowest BCUT2D eigenvalue weighted by Gasteiger charge is -2.32. The maximum Gasteiger partial charge on any atom is 0.0753 e. The fourth-order valence-electron chi connectivity index (χ4n) is 1.94. The first-order valence-corrected chi connectivity index (χ1v) is 4.74. The molecule has 2 saturated heterocycles. The Morgan fingerprint density at radius 3 is 2.92 bits per heavy atom. The van der Waals surface area contributed by atoms with Crippen LogP contribution in [0.3, 0.4) is 0 Å². The third-order valence-corrected chi connectivity index (χ3v) is 2.79. The molecule has 0 aromatic carbocycles. The van der Waals surface area contributed by atoms with Crippen molar-refractivity contribution < 1.29 is 9.47 Å². The molecule has 0 N–H and O–H groups in total. The fourth-order valence-corrected chi connectivity index (χ4v) is 1.94. The zero-order valence-electron chi connectivity index (χ0n) is 7.66. The summed E-state index contributed by atoms with van der Waals surface area (Å²) in [7, 11) is 2.16. The second kappa shape index (κ2) is 3.73. The first-order chi connectivity index (χ1) is 5.86. The Bertz CT molecular complexity index is 145. The Balaban J connectivity index is 1.85. The van der Waals surface area contributed by atoms with Crippen LogP contribution >= 0.6 is 0 Å². The molecule has 12 heavy (non-hydrogen) atoms. The number of hydrogen-bond donors (Lipinski definition) is 0. The van der Waals surface area contributed by atoms with Crippen LogP contribution in [0.25, 0.3) is 0 Å². The van der Waals surface area contributed by atoms with Crippen LogP contribution in [0.1, 0.15) is 6.42 Å². The highest BCUT2D eigenvalue weighted by molar-refractivity contribution is 4.79. The Kier molecular flexibility index (Phi) is 2.63. The van der Waals surface area contributed by atoms with Gasteiger partial charge in [-0.2, -0.15) is 0 Å². The maximum atomic E-state index is 5.71. The third kappa shape index (κ3) is 1.79. The van der Waals surface area contributed by atoms with Gasteiger partial charge in [0, 0.05) is 25.6 Å². The lowest BCUT2D eigenvalue weighted by Crippen LogP contribution is -2.43. The van der Waals surface area contributed by atoms with E-state index in [0.29, 0.717) is 12.0 Å². The number of nitrogens with zero attached hydrogens (tertiary/aromatic N) is 1. The van der Waals surface area contributed by atoms with Crippen molar-refractivity contribution in [2.75, 3.05) is 40.0 Å². The van der Waals surface area contributed by atoms with E-state index >= 15 is 0 Å². The molecule has 0 saturated carbocycles. The van der Waals surface area contributed by atoms with Crippen molar-refractivity contribution in [2.45, 2.75) is 12.5 Å². The molecule has 2 aliphatic heterocycles. The van der Waals surface area contributed by atoms with Gasteiger partial charge in [-0.1, -0.05) is 0 Å². The molecule has 2 fully saturated rings. The van der Waals surface area contributed by atoms with Crippen LogP contribution in [0.5, 0.6) is 0 Å². The molecule has 0 spiro atoms. The van der Waals surface area contributed by atoms with E-state index in [4.69, 9.17) is 9.47 Å². The molecular formula is C9H17NO2. The number of hydrogen-bond acceptors (Lipinski definition) is 3. The minimum absolute atomic E-state index is 0.422. The van der Waals surface area contributed by atoms with E-state index in [1.807, 2.05) is 0 Å². The van der Waals surface area contributed by atoms with Gasteiger partial charge in [-0.05, 0) is 13.5 Å². The predicted molar refractivity (Wildman–Crippen MR) is 46.2 cm³/mol. The van der Waals surface area contributed by atoms with E-state index < -0.39 is 0 Å². The summed E-state index contributed by atoms with van der Waals surface area (Å²) in [6.45, 7) is 4.86. The van der Waals surface area contributed by atoms with Crippen molar-refractivity contribution in [1.82, 2.24) is 4.90 Å². The Labute approximate surface area is 73.6 Å². The van der Waals surface area contributed by atoms with Crippen LogP contribution < -0.4 is 0 Å². The average molecular weight is 171 g/mol. The zero-order chi connectivity index (χ0) is 8.39. The molecule has 3 nitrogen and oxygen atoms in total. The van der Waals surface area contributed by atoms with Gasteiger partial charge in [-0.3, -0.25) is 0 Å². The quantitative estimate of drug-likeness (QED) is 0.568.